The molecule has 0 aliphatic heterocycles. The number of aryl methyl sites for hydroxylation is 1. The van der Waals surface area contributed by atoms with Gasteiger partial charge in [-0.15, -0.1) is 11.3 Å². The van der Waals surface area contributed by atoms with Crippen molar-refractivity contribution in [1.29, 1.82) is 0 Å². The molecule has 0 spiro atoms. The Hall–Kier alpha value is -1.73. The third kappa shape index (κ3) is 3.05. The number of carboxylic acid groups (broad SMARTS) is 1. The number of carbonyl (C=O) groups is 2. The van der Waals surface area contributed by atoms with Crippen molar-refractivity contribution >= 4 is 34.9 Å². The van der Waals surface area contributed by atoms with E-state index in [1.54, 1.807) is 6.92 Å². The van der Waals surface area contributed by atoms with E-state index in [1.165, 1.54) is 25.1 Å². The number of aromatic nitrogens is 1. The summed E-state index contributed by atoms with van der Waals surface area (Å²) >= 11 is 2.05. The van der Waals surface area contributed by atoms with Gasteiger partial charge in [0.25, 0.3) is 0 Å². The van der Waals surface area contributed by atoms with E-state index in [9.17, 15) is 14.0 Å². The molecule has 1 aromatic heterocycles. The van der Waals surface area contributed by atoms with Gasteiger partial charge in [-0.3, -0.25) is 4.79 Å². The molecule has 0 bridgehead atoms. The zero-order chi connectivity index (χ0) is 14.9. The molecule has 0 aliphatic carbocycles. The molecule has 1 N–H and O–H groups in total. The number of thiazole rings is 1. The molecule has 7 heteroatoms. The molecule has 1 aromatic carbocycles. The molecular weight excluding hydrogens is 301 g/mol. The van der Waals surface area contributed by atoms with Crippen LogP contribution in [0.5, 0.6) is 0 Å². The molecule has 104 valence electrons. The van der Waals surface area contributed by atoms with Crippen LogP contribution in [0.2, 0.25) is 0 Å². The molecule has 1 heterocycles. The highest BCUT2D eigenvalue weighted by molar-refractivity contribution is 8.01. The number of hydrogen-bond acceptors (Lipinski definition) is 5. The summed E-state index contributed by atoms with van der Waals surface area (Å²) in [4.78, 5) is 26.6. The van der Waals surface area contributed by atoms with Gasteiger partial charge in [0, 0.05) is 5.56 Å². The number of hydrogen-bond donors (Lipinski definition) is 1. The lowest BCUT2D eigenvalue weighted by Crippen LogP contribution is -1.94. The highest BCUT2D eigenvalue weighted by atomic mass is 32.2. The maximum atomic E-state index is 13.8. The van der Waals surface area contributed by atoms with Crippen molar-refractivity contribution in [3.63, 3.8) is 0 Å². The molecule has 0 unspecified atom stereocenters. The topological polar surface area (TPSA) is 67.3 Å². The number of rotatable bonds is 4. The summed E-state index contributed by atoms with van der Waals surface area (Å²) in [6.45, 7) is 2.96. The average Bonchev–Trinajstić information content (AvgIpc) is 2.73. The van der Waals surface area contributed by atoms with Crippen molar-refractivity contribution in [1.82, 2.24) is 4.98 Å². The number of halogens is 1. The minimum absolute atomic E-state index is 0.147. The number of ketones is 1. The third-order valence-electron chi connectivity index (χ3n) is 2.51. The van der Waals surface area contributed by atoms with Crippen LogP contribution in [0.25, 0.3) is 0 Å². The molecule has 0 aliphatic rings. The second kappa shape index (κ2) is 5.72. The minimum atomic E-state index is -1.04. The van der Waals surface area contributed by atoms with Gasteiger partial charge in [0.05, 0.1) is 10.6 Å². The van der Waals surface area contributed by atoms with Crippen molar-refractivity contribution in [3.8, 4) is 0 Å². The number of carbonyl (C=O) groups excluding carboxylic acids is 1. The van der Waals surface area contributed by atoms with Crippen LogP contribution in [-0.2, 0) is 0 Å². The van der Waals surface area contributed by atoms with E-state index >= 15 is 0 Å². The van der Waals surface area contributed by atoms with E-state index in [1.807, 2.05) is 0 Å². The Labute approximate surface area is 122 Å². The van der Waals surface area contributed by atoms with Crippen LogP contribution in [0.1, 0.15) is 32.6 Å². The predicted molar refractivity (Wildman–Crippen MR) is 74.3 cm³/mol. The second-order valence-corrected chi connectivity index (χ2v) is 6.29. The van der Waals surface area contributed by atoms with Gasteiger partial charge in [-0.25, -0.2) is 14.2 Å². The fraction of sp³-hybridized carbons (Fsp3) is 0.154. The molecule has 2 aromatic rings. The van der Waals surface area contributed by atoms with Crippen LogP contribution in [0.15, 0.2) is 27.4 Å². The average molecular weight is 311 g/mol. The third-order valence-corrected chi connectivity index (χ3v) is 4.76. The number of carboxylic acids is 1. The van der Waals surface area contributed by atoms with E-state index in [-0.39, 0.29) is 10.7 Å². The number of benzene rings is 1. The SMILES string of the molecule is CC(=O)c1ccc(Sc2nc(C)c(C(=O)O)s2)c(F)c1. The lowest BCUT2D eigenvalue weighted by molar-refractivity contribution is 0.0701. The molecule has 0 saturated heterocycles. The van der Waals surface area contributed by atoms with Crippen LogP contribution in [0.4, 0.5) is 4.39 Å². The van der Waals surface area contributed by atoms with E-state index in [0.29, 0.717) is 20.5 Å². The van der Waals surface area contributed by atoms with Crippen LogP contribution < -0.4 is 0 Å². The van der Waals surface area contributed by atoms with Crippen molar-refractivity contribution in [2.24, 2.45) is 0 Å². The summed E-state index contributed by atoms with van der Waals surface area (Å²) in [5.41, 5.74) is 0.708. The zero-order valence-electron chi connectivity index (χ0n) is 10.6. The summed E-state index contributed by atoms with van der Waals surface area (Å²) in [7, 11) is 0. The van der Waals surface area contributed by atoms with Crippen molar-refractivity contribution in [2.75, 3.05) is 0 Å². The summed E-state index contributed by atoms with van der Waals surface area (Å²) in [5.74, 6) is -1.77. The van der Waals surface area contributed by atoms with Crippen molar-refractivity contribution < 1.29 is 19.1 Å². The molecule has 4 nitrogen and oxygen atoms in total. The van der Waals surface area contributed by atoms with E-state index < -0.39 is 11.8 Å². The number of aromatic carboxylic acids is 1. The highest BCUT2D eigenvalue weighted by Crippen LogP contribution is 2.34. The first-order valence-corrected chi connectivity index (χ1v) is 7.21. The van der Waals surface area contributed by atoms with E-state index in [2.05, 4.69) is 4.98 Å². The monoisotopic (exact) mass is 311 g/mol. The molecule has 0 amide bonds. The first-order chi connectivity index (χ1) is 9.38. The largest absolute Gasteiger partial charge is 0.477 e. The van der Waals surface area contributed by atoms with Gasteiger partial charge >= 0.3 is 5.97 Å². The number of Topliss-reactive ketones (excluding diaryl/α,β-unsaturated/α-hetero) is 1. The van der Waals surface area contributed by atoms with E-state index in [4.69, 9.17) is 5.11 Å². The predicted octanol–water partition coefficient (Wildman–Crippen LogP) is 3.64. The van der Waals surface area contributed by atoms with Gasteiger partial charge in [-0.1, -0.05) is 17.8 Å². The quantitative estimate of drug-likeness (QED) is 0.873. The molecule has 0 fully saturated rings. The zero-order valence-corrected chi connectivity index (χ0v) is 12.3. The lowest BCUT2D eigenvalue weighted by Gasteiger charge is -2.02. The normalized spacial score (nSPS) is 10.6. The maximum Gasteiger partial charge on any atom is 0.347 e. The molecular formula is C13H10FNO3S2. The van der Waals surface area contributed by atoms with Crippen molar-refractivity contribution in [3.05, 3.63) is 40.2 Å². The first-order valence-electron chi connectivity index (χ1n) is 5.57. The summed E-state index contributed by atoms with van der Waals surface area (Å²) < 4.78 is 14.3. The maximum absolute atomic E-state index is 13.8. The van der Waals surface area contributed by atoms with Gasteiger partial charge in [0.2, 0.25) is 0 Å². The minimum Gasteiger partial charge on any atom is -0.477 e. The molecule has 20 heavy (non-hydrogen) atoms. The first kappa shape index (κ1) is 14.7. The Morgan fingerprint density at radius 1 is 1.40 bits per heavy atom. The smallest absolute Gasteiger partial charge is 0.347 e. The summed E-state index contributed by atoms with van der Waals surface area (Å²) in [5, 5.41) is 8.95. The molecule has 2 rings (SSSR count). The Kier molecular flexibility index (Phi) is 4.20. The Morgan fingerprint density at radius 2 is 2.10 bits per heavy atom. The molecule has 0 saturated carbocycles. The fourth-order valence-electron chi connectivity index (χ4n) is 1.51. The van der Waals surface area contributed by atoms with Crippen LogP contribution in [0.3, 0.4) is 0 Å². The van der Waals surface area contributed by atoms with Gasteiger partial charge in [0.15, 0.2) is 10.1 Å². The fourth-order valence-corrected chi connectivity index (χ4v) is 3.50. The second-order valence-electron chi connectivity index (χ2n) is 4.00. The molecule has 0 atom stereocenters. The summed E-state index contributed by atoms with van der Waals surface area (Å²) in [6.07, 6.45) is 0. The van der Waals surface area contributed by atoms with Crippen LogP contribution >= 0.6 is 23.1 Å². The van der Waals surface area contributed by atoms with Gasteiger partial charge in [-0.05, 0) is 26.0 Å². The van der Waals surface area contributed by atoms with Gasteiger partial charge in [-0.2, -0.15) is 0 Å². The Balaban J connectivity index is 2.28. The Bertz CT molecular complexity index is 697. The molecule has 0 radical (unpaired) electrons. The van der Waals surface area contributed by atoms with Crippen LogP contribution in [-0.4, -0.2) is 21.8 Å². The van der Waals surface area contributed by atoms with Gasteiger partial charge < -0.3 is 5.11 Å². The van der Waals surface area contributed by atoms with Gasteiger partial charge in [0.1, 0.15) is 10.7 Å². The van der Waals surface area contributed by atoms with E-state index in [0.717, 1.165) is 23.1 Å². The van der Waals surface area contributed by atoms with Crippen LogP contribution in [0, 0.1) is 12.7 Å². The number of nitrogens with zero attached hydrogens (tertiary/aromatic N) is 1. The summed E-state index contributed by atoms with van der Waals surface area (Å²) in [6, 6.07) is 4.20. The standard InChI is InChI=1S/C13H10FNO3S2/c1-6-11(12(17)18)20-13(15-6)19-10-4-3-8(7(2)16)5-9(10)14/h3-5H,1-2H3,(H,17,18). The highest BCUT2D eigenvalue weighted by Gasteiger charge is 2.16. The Morgan fingerprint density at radius 3 is 2.60 bits per heavy atom. The van der Waals surface area contributed by atoms with Crippen molar-refractivity contribution in [2.45, 2.75) is 23.1 Å². The lowest BCUT2D eigenvalue weighted by atomic mass is 10.1.